The number of rotatable bonds is 20. The molecule has 16 nitrogen and oxygen atoms in total. The topological polar surface area (TPSA) is 195 Å². The van der Waals surface area contributed by atoms with Gasteiger partial charge in [-0.2, -0.15) is 0 Å². The zero-order chi connectivity index (χ0) is 61.6. The van der Waals surface area contributed by atoms with Gasteiger partial charge in [-0.1, -0.05) is 191 Å². The number of esters is 6. The molecule has 2 aliphatic heterocycles. The molecule has 0 radical (unpaired) electrons. The first kappa shape index (κ1) is 61.7. The third-order valence-corrected chi connectivity index (χ3v) is 20.3. The average Bonchev–Trinajstić information content (AvgIpc) is 1.23. The van der Waals surface area contributed by atoms with Crippen LogP contribution in [0.25, 0.3) is 0 Å². The second-order valence-corrected chi connectivity index (χ2v) is 26.5. The summed E-state index contributed by atoms with van der Waals surface area (Å²) in [7, 11) is -3.47. The predicted molar refractivity (Wildman–Crippen MR) is 326 cm³/mol. The van der Waals surface area contributed by atoms with E-state index in [9.17, 15) is 28.8 Å². The Morgan fingerprint density at radius 2 is 0.602 bits per heavy atom. The molecular formula is C71H66O16Si. The lowest BCUT2D eigenvalue weighted by Gasteiger charge is -2.48. The lowest BCUT2D eigenvalue weighted by atomic mass is 9.94. The standard InChI is InChI=1S/C71H66O16Si/c1-47-58(82-64(72)48-29-13-5-14-30-48)61(85-67(75)51-35-19-8-20-36-51)59(83-65(73)49-31-15-6-16-32-49)56(80-47)45-78-70-63(87-69(77)53-39-23-10-24-40-53)62(86-68(76)52-37-21-9-22-38-52)60(84-66(74)50-33-17-7-18-34-50)57(81-70)46-79-88(71(2,3)4,54-41-25-11-26-42-54)55-43-27-12-28-44-55/h5-44,47,56-63,70H,45-46H2,1-4H3/t47-,56?,57?,58+,59+,60+,61?,62?,63-,70+/m0/s1. The third-order valence-electron chi connectivity index (χ3n) is 15.3. The Balaban J connectivity index is 1.10. The molecule has 0 saturated carbocycles. The van der Waals surface area contributed by atoms with Gasteiger partial charge in [-0.15, -0.1) is 0 Å². The molecule has 0 spiro atoms. The minimum atomic E-state index is -3.47. The van der Waals surface area contributed by atoms with E-state index in [1.165, 1.54) is 36.4 Å². The van der Waals surface area contributed by atoms with Crippen LogP contribution in [0.3, 0.4) is 0 Å². The molecular weight excluding hydrogens is 1140 g/mol. The van der Waals surface area contributed by atoms with E-state index in [1.54, 1.807) is 153 Å². The summed E-state index contributed by atoms with van der Waals surface area (Å²) in [5.74, 6) is -5.09. The minimum absolute atomic E-state index is 0.0980. The molecule has 2 fully saturated rings. The summed E-state index contributed by atoms with van der Waals surface area (Å²) in [4.78, 5) is 86.7. The lowest BCUT2D eigenvalue weighted by Crippen LogP contribution is -2.69. The molecule has 17 heteroatoms. The summed E-state index contributed by atoms with van der Waals surface area (Å²) < 4.78 is 66.5. The minimum Gasteiger partial charge on any atom is -0.452 e. The molecule has 10 atom stereocenters. The van der Waals surface area contributed by atoms with Crippen LogP contribution >= 0.6 is 0 Å². The number of hydrogen-bond donors (Lipinski definition) is 0. The molecule has 0 aromatic heterocycles. The highest BCUT2D eigenvalue weighted by molar-refractivity contribution is 6.99. The van der Waals surface area contributed by atoms with E-state index in [-0.39, 0.29) is 40.0 Å². The Labute approximate surface area is 511 Å². The molecule has 2 aliphatic rings. The van der Waals surface area contributed by atoms with Gasteiger partial charge in [0.15, 0.2) is 42.9 Å². The Morgan fingerprint density at radius 3 is 0.920 bits per heavy atom. The molecule has 8 aromatic carbocycles. The fourth-order valence-corrected chi connectivity index (χ4v) is 15.5. The SMILES string of the molecule is C[C@@H]1OC(CO[C@@H]2OC(CO[Si](c3ccccc3)(c3ccccc3)C(C)(C)C)[C@@H](OC(=O)c3ccccc3)C(OC(=O)c3ccccc3)[C@@H]2OC(=O)c2ccccc2)[C@@H](OC(=O)c2ccccc2)C(OC(=O)c2ccccc2)[C@@H]1OC(=O)c1ccccc1. The first-order valence-electron chi connectivity index (χ1n) is 28.9. The van der Waals surface area contributed by atoms with Crippen molar-refractivity contribution in [3.8, 4) is 0 Å². The van der Waals surface area contributed by atoms with Crippen LogP contribution in [0.15, 0.2) is 243 Å². The number of hydrogen-bond acceptors (Lipinski definition) is 16. The molecule has 0 aliphatic carbocycles. The Bertz CT molecular complexity index is 3560. The maximum Gasteiger partial charge on any atom is 0.338 e. The Hall–Kier alpha value is -9.36. The van der Waals surface area contributed by atoms with Crippen LogP contribution in [0.4, 0.5) is 0 Å². The van der Waals surface area contributed by atoms with Gasteiger partial charge in [0.2, 0.25) is 0 Å². The Kier molecular flexibility index (Phi) is 19.9. The molecule has 450 valence electrons. The van der Waals surface area contributed by atoms with E-state index >= 15 is 0 Å². The van der Waals surface area contributed by atoms with Gasteiger partial charge in [-0.3, -0.25) is 0 Å². The molecule has 2 saturated heterocycles. The van der Waals surface area contributed by atoms with Gasteiger partial charge in [-0.05, 0) is 95.1 Å². The van der Waals surface area contributed by atoms with Crippen molar-refractivity contribution in [2.45, 2.75) is 94.0 Å². The van der Waals surface area contributed by atoms with E-state index in [1.807, 2.05) is 60.7 Å². The first-order chi connectivity index (χ1) is 42.7. The van der Waals surface area contributed by atoms with Crippen LogP contribution in [0.1, 0.15) is 89.8 Å². The van der Waals surface area contributed by atoms with Gasteiger partial charge >= 0.3 is 35.8 Å². The Morgan fingerprint density at radius 1 is 0.341 bits per heavy atom. The first-order valence-corrected chi connectivity index (χ1v) is 30.8. The molecule has 0 N–H and O–H groups in total. The summed E-state index contributed by atoms with van der Waals surface area (Å²) in [5, 5.41) is 1.23. The molecule has 4 unspecified atom stereocenters. The van der Waals surface area contributed by atoms with Crippen LogP contribution < -0.4 is 10.4 Å². The van der Waals surface area contributed by atoms with E-state index < -0.39 is 117 Å². The summed E-state index contributed by atoms with van der Waals surface area (Å²) in [6.45, 7) is 6.93. The summed E-state index contributed by atoms with van der Waals surface area (Å²) >= 11 is 0. The second-order valence-electron chi connectivity index (χ2n) is 22.1. The van der Waals surface area contributed by atoms with Gasteiger partial charge in [0.05, 0.1) is 52.7 Å². The summed E-state index contributed by atoms with van der Waals surface area (Å²) in [5.41, 5.74) is 0.797. The van der Waals surface area contributed by atoms with Gasteiger partial charge in [0.1, 0.15) is 12.2 Å². The zero-order valence-corrected chi connectivity index (χ0v) is 49.8. The van der Waals surface area contributed by atoms with Crippen molar-refractivity contribution in [1.82, 2.24) is 0 Å². The highest BCUT2D eigenvalue weighted by atomic mass is 28.4. The lowest BCUT2D eigenvalue weighted by molar-refractivity contribution is -0.310. The molecule has 10 rings (SSSR count). The number of carbonyl (C=O) groups is 6. The van der Waals surface area contributed by atoms with E-state index in [2.05, 4.69) is 20.8 Å². The average molecular weight is 1200 g/mol. The number of carbonyl (C=O) groups excluding carboxylic acids is 6. The largest absolute Gasteiger partial charge is 0.452 e. The van der Waals surface area contributed by atoms with Crippen LogP contribution in [0, 0.1) is 0 Å². The van der Waals surface area contributed by atoms with Crippen LogP contribution in [-0.2, 0) is 47.1 Å². The number of benzene rings is 8. The van der Waals surface area contributed by atoms with Gasteiger partial charge in [0, 0.05) is 0 Å². The van der Waals surface area contributed by atoms with E-state index in [4.69, 9.17) is 47.1 Å². The smallest absolute Gasteiger partial charge is 0.338 e. The fraction of sp³-hybridized carbons (Fsp3) is 0.239. The zero-order valence-electron chi connectivity index (χ0n) is 48.8. The summed E-state index contributed by atoms with van der Waals surface area (Å²) in [6.07, 6.45) is -15.3. The molecule has 88 heavy (non-hydrogen) atoms. The fourth-order valence-electron chi connectivity index (χ4n) is 11.0. The highest BCUT2D eigenvalue weighted by Crippen LogP contribution is 2.39. The van der Waals surface area contributed by atoms with Crippen LogP contribution in [0.2, 0.25) is 5.04 Å². The summed E-state index contributed by atoms with van der Waals surface area (Å²) in [6, 6.07) is 68.3. The van der Waals surface area contributed by atoms with Gasteiger partial charge in [-0.25, -0.2) is 28.8 Å². The van der Waals surface area contributed by atoms with Crippen molar-refractivity contribution < 1.29 is 75.8 Å². The van der Waals surface area contributed by atoms with Crippen LogP contribution in [-0.4, -0.2) is 119 Å². The quantitative estimate of drug-likeness (QED) is 0.0397. The van der Waals surface area contributed by atoms with E-state index in [0.717, 1.165) is 10.4 Å². The van der Waals surface area contributed by atoms with E-state index in [0.29, 0.717) is 0 Å². The molecule has 2 heterocycles. The van der Waals surface area contributed by atoms with Crippen molar-refractivity contribution in [1.29, 1.82) is 0 Å². The molecule has 0 amide bonds. The number of ether oxygens (including phenoxy) is 9. The molecule has 8 aromatic rings. The van der Waals surface area contributed by atoms with Gasteiger partial charge < -0.3 is 47.1 Å². The monoisotopic (exact) mass is 1200 g/mol. The second kappa shape index (κ2) is 28.4. The highest BCUT2D eigenvalue weighted by Gasteiger charge is 2.58. The van der Waals surface area contributed by atoms with Crippen molar-refractivity contribution in [2.75, 3.05) is 13.2 Å². The van der Waals surface area contributed by atoms with Crippen molar-refractivity contribution in [3.05, 3.63) is 276 Å². The van der Waals surface area contributed by atoms with Crippen molar-refractivity contribution in [3.63, 3.8) is 0 Å². The normalized spacial score (nSPS) is 21.8. The predicted octanol–water partition coefficient (Wildman–Crippen LogP) is 10.4. The van der Waals surface area contributed by atoms with Crippen LogP contribution in [0.5, 0.6) is 0 Å². The maximum absolute atomic E-state index is 14.7. The van der Waals surface area contributed by atoms with Crippen molar-refractivity contribution in [2.24, 2.45) is 0 Å². The third kappa shape index (κ3) is 14.4. The maximum atomic E-state index is 14.7. The van der Waals surface area contributed by atoms with Gasteiger partial charge in [0.25, 0.3) is 8.32 Å². The van der Waals surface area contributed by atoms with Crippen molar-refractivity contribution >= 4 is 54.5 Å². The molecule has 0 bridgehead atoms.